The first-order valence-corrected chi connectivity index (χ1v) is 9.89. The highest BCUT2D eigenvalue weighted by Crippen LogP contribution is 2.38. The first-order valence-electron chi connectivity index (χ1n) is 8.81. The summed E-state index contributed by atoms with van der Waals surface area (Å²) in [5, 5.41) is 2.43. The van der Waals surface area contributed by atoms with Crippen molar-refractivity contribution < 1.29 is 23.1 Å². The van der Waals surface area contributed by atoms with Crippen LogP contribution in [0.4, 0.5) is 25.8 Å². The van der Waals surface area contributed by atoms with Crippen LogP contribution in [-0.2, 0) is 4.74 Å². The second-order valence-electron chi connectivity index (χ2n) is 6.56. The molecule has 0 aliphatic carbocycles. The van der Waals surface area contributed by atoms with E-state index in [-0.39, 0.29) is 18.0 Å². The number of nitrogens with one attached hydrogen (secondary N) is 1. The zero-order chi connectivity index (χ0) is 21.4. The maximum atomic E-state index is 15.1. The largest absolute Gasteiger partial charge is 0.440 e. The van der Waals surface area contributed by atoms with Crippen molar-refractivity contribution in [1.29, 1.82) is 0 Å². The number of benzene rings is 2. The van der Waals surface area contributed by atoms with Crippen LogP contribution in [0.3, 0.4) is 0 Å². The third kappa shape index (κ3) is 3.60. The summed E-state index contributed by atoms with van der Waals surface area (Å²) < 4.78 is 36.2. The van der Waals surface area contributed by atoms with Crippen LogP contribution in [0.2, 0.25) is 0 Å². The van der Waals surface area contributed by atoms with Crippen molar-refractivity contribution in [2.45, 2.75) is 6.92 Å². The maximum absolute atomic E-state index is 15.1. The molecule has 2 aromatic carbocycles. The molecule has 0 saturated carbocycles. The number of fused-ring (bicyclic) bond motifs is 1. The average Bonchev–Trinajstić information content (AvgIpc) is 2.72. The van der Waals surface area contributed by atoms with Crippen LogP contribution in [0.25, 0.3) is 0 Å². The SMILES string of the molecule is Cc1cc(I)ccc1N1COC(=O)c2cc(C(=O)Nc3cccnc3)c(F)c(F)c21. The van der Waals surface area contributed by atoms with E-state index in [4.69, 9.17) is 4.74 Å². The molecule has 0 fully saturated rings. The number of nitrogens with zero attached hydrogens (tertiary/aromatic N) is 2. The van der Waals surface area contributed by atoms with E-state index in [1.165, 1.54) is 17.3 Å². The number of rotatable bonds is 3. The van der Waals surface area contributed by atoms with Crippen LogP contribution in [0.1, 0.15) is 26.3 Å². The molecule has 0 atom stereocenters. The van der Waals surface area contributed by atoms with E-state index in [1.54, 1.807) is 18.2 Å². The first-order chi connectivity index (χ1) is 14.4. The molecule has 1 aliphatic rings. The number of carbonyl (C=O) groups excluding carboxylic acids is 2. The third-order valence-electron chi connectivity index (χ3n) is 4.61. The van der Waals surface area contributed by atoms with Crippen molar-refractivity contribution in [3.05, 3.63) is 80.7 Å². The minimum absolute atomic E-state index is 0.227. The van der Waals surface area contributed by atoms with Gasteiger partial charge in [0.2, 0.25) is 0 Å². The lowest BCUT2D eigenvalue weighted by atomic mass is 10.0. The van der Waals surface area contributed by atoms with Crippen molar-refractivity contribution in [2.24, 2.45) is 0 Å². The fourth-order valence-corrected chi connectivity index (χ4v) is 3.86. The minimum Gasteiger partial charge on any atom is -0.440 e. The van der Waals surface area contributed by atoms with Crippen LogP contribution in [0.5, 0.6) is 0 Å². The van der Waals surface area contributed by atoms with E-state index in [2.05, 4.69) is 32.9 Å². The number of anilines is 3. The lowest BCUT2D eigenvalue weighted by Gasteiger charge is -2.32. The van der Waals surface area contributed by atoms with E-state index in [0.29, 0.717) is 11.4 Å². The monoisotopic (exact) mass is 521 g/mol. The molecule has 0 spiro atoms. The second-order valence-corrected chi connectivity index (χ2v) is 7.81. The second kappa shape index (κ2) is 7.98. The Balaban J connectivity index is 1.80. The Morgan fingerprint density at radius 1 is 1.23 bits per heavy atom. The van der Waals surface area contributed by atoms with Crippen LogP contribution >= 0.6 is 22.6 Å². The highest BCUT2D eigenvalue weighted by molar-refractivity contribution is 14.1. The van der Waals surface area contributed by atoms with Crippen molar-refractivity contribution in [3.63, 3.8) is 0 Å². The van der Waals surface area contributed by atoms with E-state index in [0.717, 1.165) is 15.2 Å². The molecule has 0 saturated heterocycles. The van der Waals surface area contributed by atoms with Gasteiger partial charge < -0.3 is 15.0 Å². The summed E-state index contributed by atoms with van der Waals surface area (Å²) in [5.41, 5.74) is 0.575. The third-order valence-corrected chi connectivity index (χ3v) is 5.28. The van der Waals surface area contributed by atoms with Crippen molar-refractivity contribution in [3.8, 4) is 0 Å². The molecule has 0 unspecified atom stereocenters. The summed E-state index contributed by atoms with van der Waals surface area (Å²) in [6.07, 6.45) is 2.87. The number of hydrogen-bond acceptors (Lipinski definition) is 5. The van der Waals surface area contributed by atoms with Gasteiger partial charge in [0.1, 0.15) is 0 Å². The fourth-order valence-electron chi connectivity index (χ4n) is 3.21. The topological polar surface area (TPSA) is 71.5 Å². The summed E-state index contributed by atoms with van der Waals surface area (Å²) in [6.45, 7) is 1.54. The Morgan fingerprint density at radius 2 is 2.03 bits per heavy atom. The standard InChI is InChI=1S/C21H14F2IN3O3/c1-11-7-12(24)4-5-16(11)27-10-30-21(29)15-8-14(17(22)18(23)19(15)27)20(28)26-13-3-2-6-25-9-13/h2-9H,10H2,1H3,(H,26,28). The number of cyclic esters (lactones) is 1. The van der Waals surface area contributed by atoms with Gasteiger partial charge in [-0.1, -0.05) is 0 Å². The van der Waals surface area contributed by atoms with E-state index >= 15 is 4.39 Å². The molecule has 6 nitrogen and oxygen atoms in total. The molecular weight excluding hydrogens is 507 g/mol. The van der Waals surface area contributed by atoms with Gasteiger partial charge in [0, 0.05) is 15.5 Å². The van der Waals surface area contributed by atoms with Crippen LogP contribution in [0.15, 0.2) is 48.8 Å². The van der Waals surface area contributed by atoms with Gasteiger partial charge in [-0.2, -0.15) is 0 Å². The Kier molecular flexibility index (Phi) is 5.37. The molecule has 1 aliphatic heterocycles. The Labute approximate surface area is 184 Å². The lowest BCUT2D eigenvalue weighted by Crippen LogP contribution is -2.33. The molecule has 9 heteroatoms. The molecule has 30 heavy (non-hydrogen) atoms. The molecule has 2 heterocycles. The van der Waals surface area contributed by atoms with Crippen LogP contribution in [-0.4, -0.2) is 23.6 Å². The summed E-state index contributed by atoms with van der Waals surface area (Å²) >= 11 is 2.14. The molecule has 1 N–H and O–H groups in total. The smallest absolute Gasteiger partial charge is 0.342 e. The Hall–Kier alpha value is -3.08. The number of hydrogen-bond donors (Lipinski definition) is 1. The van der Waals surface area contributed by atoms with Gasteiger partial charge in [-0.15, -0.1) is 0 Å². The average molecular weight is 521 g/mol. The molecule has 152 valence electrons. The van der Waals surface area contributed by atoms with E-state index in [9.17, 15) is 14.0 Å². The van der Waals surface area contributed by atoms with Gasteiger partial charge in [-0.25, -0.2) is 13.6 Å². The van der Waals surface area contributed by atoms with Crippen molar-refractivity contribution >= 4 is 51.5 Å². The van der Waals surface area contributed by atoms with Gasteiger partial charge >= 0.3 is 5.97 Å². The number of pyridine rings is 1. The quantitative estimate of drug-likeness (QED) is 0.397. The molecule has 1 amide bonds. The summed E-state index contributed by atoms with van der Waals surface area (Å²) in [7, 11) is 0. The minimum atomic E-state index is -1.35. The Bertz CT molecular complexity index is 1170. The summed E-state index contributed by atoms with van der Waals surface area (Å²) in [4.78, 5) is 30.1. The number of ether oxygens (including phenoxy) is 1. The van der Waals surface area contributed by atoms with Crippen LogP contribution in [0, 0.1) is 22.1 Å². The van der Waals surface area contributed by atoms with Gasteiger partial charge in [0.15, 0.2) is 18.4 Å². The fraction of sp³-hybridized carbons (Fsp3) is 0.0952. The molecule has 0 radical (unpaired) electrons. The first kappa shape index (κ1) is 20.2. The van der Waals surface area contributed by atoms with Gasteiger partial charge in [-0.05, 0) is 71.5 Å². The van der Waals surface area contributed by atoms with Gasteiger partial charge in [0.25, 0.3) is 5.91 Å². The van der Waals surface area contributed by atoms with Crippen LogP contribution < -0.4 is 10.2 Å². The summed E-state index contributed by atoms with van der Waals surface area (Å²) in [6, 6.07) is 9.56. The molecular formula is C21H14F2IN3O3. The molecule has 1 aromatic heterocycles. The molecule has 4 rings (SSSR count). The van der Waals surface area contributed by atoms with Crippen molar-refractivity contribution in [1.82, 2.24) is 4.98 Å². The van der Waals surface area contributed by atoms with Gasteiger partial charge in [0.05, 0.1) is 28.7 Å². The normalized spacial score (nSPS) is 12.9. The zero-order valence-electron chi connectivity index (χ0n) is 15.6. The number of halogens is 3. The highest BCUT2D eigenvalue weighted by atomic mass is 127. The highest BCUT2D eigenvalue weighted by Gasteiger charge is 2.34. The van der Waals surface area contributed by atoms with Gasteiger partial charge in [-0.3, -0.25) is 9.78 Å². The van der Waals surface area contributed by atoms with Crippen molar-refractivity contribution in [2.75, 3.05) is 16.9 Å². The predicted molar refractivity (Wildman–Crippen MR) is 115 cm³/mol. The predicted octanol–water partition coefficient (Wildman–Crippen LogP) is 4.79. The number of amides is 1. The van der Waals surface area contributed by atoms with E-state index < -0.39 is 29.1 Å². The zero-order valence-corrected chi connectivity index (χ0v) is 17.7. The summed E-state index contributed by atoms with van der Waals surface area (Å²) in [5.74, 6) is -4.38. The van der Waals surface area contributed by atoms with E-state index in [1.807, 2.05) is 19.1 Å². The Morgan fingerprint density at radius 3 is 2.73 bits per heavy atom. The number of aryl methyl sites for hydroxylation is 1. The maximum Gasteiger partial charge on any atom is 0.342 e. The number of aromatic nitrogens is 1. The molecule has 0 bridgehead atoms. The lowest BCUT2D eigenvalue weighted by molar-refractivity contribution is 0.0491. The number of esters is 1. The molecule has 3 aromatic rings. The number of carbonyl (C=O) groups is 2.